The molecule has 0 radical (unpaired) electrons. The van der Waals surface area contributed by atoms with Gasteiger partial charge in [-0.2, -0.15) is 0 Å². The molecule has 1 aromatic rings. The average molecular weight is 504 g/mol. The van der Waals surface area contributed by atoms with Gasteiger partial charge in [-0.15, -0.1) is 0 Å². The molecule has 0 amide bonds. The number of para-hydroxylation sites is 1. The summed E-state index contributed by atoms with van der Waals surface area (Å²) in [6.45, 7) is 3.32. The van der Waals surface area contributed by atoms with E-state index in [0.717, 1.165) is 45.4 Å². The van der Waals surface area contributed by atoms with Crippen molar-refractivity contribution in [2.24, 2.45) is 5.92 Å². The summed E-state index contributed by atoms with van der Waals surface area (Å²) in [5, 5.41) is 10.8. The molecule has 1 spiro atoms. The molecule has 4 aliphatic rings. The zero-order valence-corrected chi connectivity index (χ0v) is 19.5. The Morgan fingerprint density at radius 2 is 1.72 bits per heavy atom. The molecule has 5 rings (SSSR count). The number of benzene rings is 1. The number of ether oxygens (including phenoxy) is 2. The number of allylic oxidation sites excluding steroid dienone is 1. The van der Waals surface area contributed by atoms with E-state index in [1.54, 1.807) is 0 Å². The van der Waals surface area contributed by atoms with Crippen molar-refractivity contribution in [2.45, 2.75) is 43.9 Å². The van der Waals surface area contributed by atoms with Crippen molar-refractivity contribution in [1.82, 2.24) is 0 Å². The first-order valence-electron chi connectivity index (χ1n) is 11.4. The zero-order valence-electron chi connectivity index (χ0n) is 17.9. The number of aliphatic hydroxyl groups is 1. The topological polar surface area (TPSA) is 80.5 Å². The lowest BCUT2D eigenvalue weighted by Gasteiger charge is -2.41. The Balaban J connectivity index is 1.36. The maximum atomic E-state index is 13.1. The predicted octanol–water partition coefficient (Wildman–Crippen LogP) is 2.24. The minimum absolute atomic E-state index is 0.0418. The number of hydrogen-bond acceptors (Lipinski definition) is 6. The van der Waals surface area contributed by atoms with Crippen LogP contribution in [-0.4, -0.2) is 54.9 Å². The predicted molar refractivity (Wildman–Crippen MR) is 121 cm³/mol. The van der Waals surface area contributed by atoms with E-state index in [4.69, 9.17) is 9.47 Å². The van der Waals surface area contributed by atoms with Gasteiger partial charge in [-0.25, -0.2) is 4.79 Å². The van der Waals surface area contributed by atoms with Gasteiger partial charge in [0.15, 0.2) is 5.78 Å². The van der Waals surface area contributed by atoms with Gasteiger partial charge in [0.25, 0.3) is 11.7 Å². The second-order valence-corrected chi connectivity index (χ2v) is 9.90. The number of carbonyl (C=O) groups excluding carboxylic acids is 2. The van der Waals surface area contributed by atoms with Crippen LogP contribution in [-0.2, 0) is 19.1 Å². The van der Waals surface area contributed by atoms with Crippen molar-refractivity contribution in [3.63, 3.8) is 0 Å². The summed E-state index contributed by atoms with van der Waals surface area (Å²) in [7, 11) is 0. The van der Waals surface area contributed by atoms with Crippen LogP contribution in [0.4, 0.5) is 5.69 Å². The van der Waals surface area contributed by atoms with E-state index < -0.39 is 23.6 Å². The van der Waals surface area contributed by atoms with Crippen LogP contribution in [0.15, 0.2) is 52.4 Å². The summed E-state index contributed by atoms with van der Waals surface area (Å²) in [4.78, 5) is 29.6. The number of rotatable bonds is 3. The van der Waals surface area contributed by atoms with Crippen molar-refractivity contribution >= 4 is 33.4 Å². The third-order valence-electron chi connectivity index (χ3n) is 7.14. The van der Waals surface area contributed by atoms with Crippen molar-refractivity contribution in [3.8, 4) is 0 Å². The lowest BCUT2D eigenvalue weighted by atomic mass is 9.89. The lowest BCUT2D eigenvalue weighted by Crippen LogP contribution is -3.18. The number of hydrogen-bond donors (Lipinski definition) is 2. The number of anilines is 1. The summed E-state index contributed by atoms with van der Waals surface area (Å²) in [6.07, 6.45) is 5.81. The van der Waals surface area contributed by atoms with E-state index in [1.807, 2.05) is 24.3 Å². The fourth-order valence-electron chi connectivity index (χ4n) is 5.45. The summed E-state index contributed by atoms with van der Waals surface area (Å²) < 4.78 is 11.9. The highest BCUT2D eigenvalue weighted by Gasteiger charge is 2.53. The van der Waals surface area contributed by atoms with Crippen LogP contribution >= 0.6 is 15.9 Å². The number of ketones is 1. The molecule has 2 atom stereocenters. The molecule has 2 heterocycles. The minimum Gasteiger partial charge on any atom is -0.480 e. The highest BCUT2D eigenvalue weighted by Crippen LogP contribution is 2.42. The number of nitrogens with zero attached hydrogens (tertiary/aromatic N) is 1. The van der Waals surface area contributed by atoms with Crippen LogP contribution in [0.25, 0.3) is 0 Å². The molecule has 2 fully saturated rings. The normalized spacial score (nSPS) is 28.5. The number of aliphatic hydroxyl groups excluding tert-OH is 1. The average Bonchev–Trinajstić information content (AvgIpc) is 3.09. The molecule has 8 heteroatoms. The molecule has 32 heavy (non-hydrogen) atoms. The molecule has 0 unspecified atom stereocenters. The first-order chi connectivity index (χ1) is 15.5. The molecule has 2 aliphatic carbocycles. The lowest BCUT2D eigenvalue weighted by molar-refractivity contribution is -0.920. The third-order valence-corrected chi connectivity index (χ3v) is 7.79. The number of Topliss-reactive ketones (excluding diaryl/α,β-unsaturated/α-hetero) is 1. The molecule has 1 aromatic carbocycles. The second-order valence-electron chi connectivity index (χ2n) is 9.04. The Hall–Kier alpha value is -2.32. The van der Waals surface area contributed by atoms with E-state index in [0.29, 0.717) is 17.3 Å². The standard InChI is InChI=1S/C24H27BrN2O5/c25-17-15-18(27-13-11-26(12-14-27)16-7-3-1-4-8-16)19(21(17)28)20-22(29)31-24(32-23(20)30)9-5-2-6-10-24/h1,3-4,7-8,15,18-19,29H,2,5-6,9-14H2/p+1/t18-,19-/m0/s1. The second kappa shape index (κ2) is 8.56. The molecular weight excluding hydrogens is 476 g/mol. The van der Waals surface area contributed by atoms with Crippen LogP contribution < -0.4 is 9.80 Å². The molecule has 170 valence electrons. The van der Waals surface area contributed by atoms with E-state index in [1.165, 1.54) is 10.6 Å². The van der Waals surface area contributed by atoms with Gasteiger partial charge in [-0.3, -0.25) is 4.79 Å². The van der Waals surface area contributed by atoms with Crippen molar-refractivity contribution in [1.29, 1.82) is 0 Å². The first kappa shape index (κ1) is 21.5. The van der Waals surface area contributed by atoms with Crippen LogP contribution in [0.2, 0.25) is 0 Å². The van der Waals surface area contributed by atoms with Gasteiger partial charge < -0.3 is 24.4 Å². The number of esters is 1. The summed E-state index contributed by atoms with van der Waals surface area (Å²) >= 11 is 3.37. The Bertz CT molecular complexity index is 962. The van der Waals surface area contributed by atoms with Crippen LogP contribution in [0.3, 0.4) is 0 Å². The first-order valence-corrected chi connectivity index (χ1v) is 12.2. The van der Waals surface area contributed by atoms with Crippen LogP contribution in [0.1, 0.15) is 32.1 Å². The number of carbonyl (C=O) groups is 2. The minimum atomic E-state index is -1.08. The molecule has 0 bridgehead atoms. The highest BCUT2D eigenvalue weighted by molar-refractivity contribution is 9.12. The summed E-state index contributed by atoms with van der Waals surface area (Å²) in [5.41, 5.74) is 1.14. The largest absolute Gasteiger partial charge is 0.480 e. The maximum absolute atomic E-state index is 13.1. The van der Waals surface area contributed by atoms with Gasteiger partial charge >= 0.3 is 5.97 Å². The number of quaternary nitrogens is 1. The molecule has 2 N–H and O–H groups in total. The Morgan fingerprint density at radius 3 is 2.38 bits per heavy atom. The highest BCUT2D eigenvalue weighted by atomic mass is 79.9. The number of nitrogens with one attached hydrogen (secondary N) is 1. The van der Waals surface area contributed by atoms with E-state index >= 15 is 0 Å². The van der Waals surface area contributed by atoms with E-state index in [2.05, 4.69) is 33.0 Å². The Morgan fingerprint density at radius 1 is 1.03 bits per heavy atom. The Labute approximate surface area is 195 Å². The molecule has 1 saturated carbocycles. The molecule has 1 saturated heterocycles. The van der Waals surface area contributed by atoms with Crippen LogP contribution in [0, 0.1) is 5.92 Å². The van der Waals surface area contributed by atoms with Gasteiger partial charge in [-0.05, 0) is 47.0 Å². The van der Waals surface area contributed by atoms with Crippen molar-refractivity contribution < 1.29 is 29.1 Å². The fourth-order valence-corrected chi connectivity index (χ4v) is 5.99. The van der Waals surface area contributed by atoms with Gasteiger partial charge in [0.05, 0.1) is 30.7 Å². The van der Waals surface area contributed by atoms with Gasteiger partial charge in [0.2, 0.25) is 0 Å². The fraction of sp³-hybridized carbons (Fsp3) is 0.500. The SMILES string of the molecule is O=C1OC2(CCCCC2)OC(O)=C1[C@H]1C(=O)C(Br)=C[C@@H]1[NH+]1CCN(c2ccccc2)CC1. The molecular formula is C24H28BrN2O5+. The van der Waals surface area contributed by atoms with E-state index in [-0.39, 0.29) is 17.4 Å². The molecule has 2 aliphatic heterocycles. The summed E-state index contributed by atoms with van der Waals surface area (Å²) in [5.74, 6) is -3.18. The quantitative estimate of drug-likeness (QED) is 0.615. The maximum Gasteiger partial charge on any atom is 0.345 e. The van der Waals surface area contributed by atoms with Gasteiger partial charge in [0.1, 0.15) is 17.5 Å². The summed E-state index contributed by atoms with van der Waals surface area (Å²) in [6, 6.07) is 10.0. The van der Waals surface area contributed by atoms with Gasteiger partial charge in [0, 0.05) is 18.5 Å². The van der Waals surface area contributed by atoms with Crippen LogP contribution in [0.5, 0.6) is 0 Å². The Kier molecular flexibility index (Phi) is 5.75. The van der Waals surface area contributed by atoms with Crippen molar-refractivity contribution in [2.75, 3.05) is 31.1 Å². The molecule has 7 nitrogen and oxygen atoms in total. The van der Waals surface area contributed by atoms with E-state index in [9.17, 15) is 14.7 Å². The van der Waals surface area contributed by atoms with Crippen molar-refractivity contribution in [3.05, 3.63) is 52.4 Å². The third kappa shape index (κ3) is 3.83. The number of halogens is 1. The van der Waals surface area contributed by atoms with Gasteiger partial charge in [-0.1, -0.05) is 24.6 Å². The smallest absolute Gasteiger partial charge is 0.345 e. The zero-order chi connectivity index (χ0) is 22.3. The monoisotopic (exact) mass is 503 g/mol. The molecule has 0 aromatic heterocycles. The number of piperazine rings is 1.